The van der Waals surface area contributed by atoms with Gasteiger partial charge in [-0.25, -0.2) is 4.79 Å². The number of para-hydroxylation sites is 1. The van der Waals surface area contributed by atoms with Gasteiger partial charge in [0.15, 0.2) is 0 Å². The van der Waals surface area contributed by atoms with Gasteiger partial charge in [-0.05, 0) is 75.3 Å². The number of hydrogen-bond acceptors (Lipinski definition) is 4. The minimum Gasteiger partial charge on any atom is -0.341 e. The van der Waals surface area contributed by atoms with Crippen LogP contribution in [0.5, 0.6) is 0 Å². The molecule has 5 rings (SSSR count). The van der Waals surface area contributed by atoms with Gasteiger partial charge in [0.05, 0.1) is 6.67 Å². The van der Waals surface area contributed by atoms with Crippen molar-refractivity contribution in [3.8, 4) is 0 Å². The van der Waals surface area contributed by atoms with Gasteiger partial charge >= 0.3 is 6.03 Å². The first kappa shape index (κ1) is 25.1. The number of benzene rings is 2. The molecule has 0 aromatic heterocycles. The molecule has 1 N–H and O–H groups in total. The number of urea groups is 1. The largest absolute Gasteiger partial charge is 0.341 e. The highest BCUT2D eigenvalue weighted by Gasteiger charge is 2.54. The summed E-state index contributed by atoms with van der Waals surface area (Å²) in [6, 6.07) is 15.7. The van der Waals surface area contributed by atoms with E-state index in [0.29, 0.717) is 32.6 Å². The molecule has 8 heteroatoms. The highest BCUT2D eigenvalue weighted by Crippen LogP contribution is 2.39. The normalized spacial score (nSPS) is 19.5. The summed E-state index contributed by atoms with van der Waals surface area (Å²) in [5.41, 5.74) is 3.22. The SMILES string of the molecule is Cc1cccc(NC(=O)N2CCC3(CC2)C(=O)N(CC(=O)N2CCCCC2)CN3c2ccccc2)c1C. The lowest BCUT2D eigenvalue weighted by Gasteiger charge is -2.43. The molecule has 0 unspecified atom stereocenters. The molecule has 3 fully saturated rings. The van der Waals surface area contributed by atoms with Crippen LogP contribution in [0.4, 0.5) is 16.2 Å². The Bertz CT molecular complexity index is 1150. The zero-order chi connectivity index (χ0) is 26.0. The molecule has 0 saturated carbocycles. The van der Waals surface area contributed by atoms with E-state index in [1.807, 2.05) is 67.3 Å². The molecule has 3 heterocycles. The molecular weight excluding hydrogens is 466 g/mol. The van der Waals surface area contributed by atoms with Gasteiger partial charge in [0.2, 0.25) is 5.91 Å². The summed E-state index contributed by atoms with van der Waals surface area (Å²) in [6.45, 7) is 7.03. The summed E-state index contributed by atoms with van der Waals surface area (Å²) in [5.74, 6) is 0.0275. The van der Waals surface area contributed by atoms with E-state index >= 15 is 0 Å². The van der Waals surface area contributed by atoms with Gasteiger partial charge in [-0.15, -0.1) is 0 Å². The Morgan fingerprint density at radius 1 is 0.865 bits per heavy atom. The molecule has 0 aliphatic carbocycles. The van der Waals surface area contributed by atoms with Crippen molar-refractivity contribution >= 4 is 29.2 Å². The number of carbonyl (C=O) groups excluding carboxylic acids is 3. The summed E-state index contributed by atoms with van der Waals surface area (Å²) in [5, 5.41) is 3.05. The van der Waals surface area contributed by atoms with E-state index in [9.17, 15) is 14.4 Å². The number of likely N-dealkylation sites (tertiary alicyclic amines) is 2. The molecular formula is C29H37N5O3. The maximum Gasteiger partial charge on any atom is 0.321 e. The Labute approximate surface area is 219 Å². The van der Waals surface area contributed by atoms with Crippen molar-refractivity contribution in [2.45, 2.75) is 51.5 Å². The highest BCUT2D eigenvalue weighted by atomic mass is 16.2. The standard InChI is InChI=1S/C29H37N5O3/c1-22-10-9-13-25(23(22)2)30-28(37)32-18-14-29(15-19-32)27(36)33(20-26(35)31-16-7-4-8-17-31)21-34(29)24-11-5-3-6-12-24/h3,5-6,9-13H,4,7-8,14-21H2,1-2H3,(H,30,37). The Balaban J connectivity index is 1.31. The number of nitrogens with zero attached hydrogens (tertiary/aromatic N) is 4. The number of nitrogens with one attached hydrogen (secondary N) is 1. The van der Waals surface area contributed by atoms with Crippen LogP contribution in [0.25, 0.3) is 0 Å². The molecule has 1 spiro atoms. The van der Waals surface area contributed by atoms with Crippen LogP contribution in [0.15, 0.2) is 48.5 Å². The van der Waals surface area contributed by atoms with Crippen molar-refractivity contribution in [3.63, 3.8) is 0 Å². The van der Waals surface area contributed by atoms with E-state index in [4.69, 9.17) is 0 Å². The monoisotopic (exact) mass is 503 g/mol. The second kappa shape index (κ2) is 10.4. The Hall–Kier alpha value is -3.55. The molecule has 37 heavy (non-hydrogen) atoms. The van der Waals surface area contributed by atoms with Crippen molar-refractivity contribution in [2.24, 2.45) is 0 Å². The lowest BCUT2D eigenvalue weighted by molar-refractivity contribution is -0.141. The molecule has 196 valence electrons. The van der Waals surface area contributed by atoms with Crippen LogP contribution in [-0.4, -0.2) is 77.5 Å². The van der Waals surface area contributed by atoms with Crippen molar-refractivity contribution in [1.82, 2.24) is 14.7 Å². The summed E-state index contributed by atoms with van der Waals surface area (Å²) < 4.78 is 0. The fraction of sp³-hybridized carbons (Fsp3) is 0.483. The molecule has 3 aliphatic rings. The van der Waals surface area contributed by atoms with E-state index < -0.39 is 5.54 Å². The van der Waals surface area contributed by atoms with E-state index in [2.05, 4.69) is 10.2 Å². The van der Waals surface area contributed by atoms with Gasteiger partial charge < -0.3 is 24.9 Å². The van der Waals surface area contributed by atoms with Gasteiger partial charge in [0.25, 0.3) is 5.91 Å². The van der Waals surface area contributed by atoms with E-state index in [1.165, 1.54) is 0 Å². The Kier molecular flexibility index (Phi) is 7.09. The van der Waals surface area contributed by atoms with Crippen LogP contribution in [0.1, 0.15) is 43.2 Å². The maximum atomic E-state index is 13.9. The minimum atomic E-state index is -0.750. The average Bonchev–Trinajstić information content (AvgIpc) is 3.18. The second-order valence-corrected chi connectivity index (χ2v) is 10.5. The lowest BCUT2D eigenvalue weighted by Crippen LogP contribution is -2.58. The molecule has 2 aromatic rings. The first-order chi connectivity index (χ1) is 17.9. The van der Waals surface area contributed by atoms with Gasteiger partial charge in [0, 0.05) is 37.6 Å². The second-order valence-electron chi connectivity index (χ2n) is 10.5. The smallest absolute Gasteiger partial charge is 0.321 e. The van der Waals surface area contributed by atoms with Crippen molar-refractivity contribution < 1.29 is 14.4 Å². The predicted molar refractivity (Wildman–Crippen MR) is 144 cm³/mol. The average molecular weight is 504 g/mol. The zero-order valence-corrected chi connectivity index (χ0v) is 21.9. The van der Waals surface area contributed by atoms with Crippen molar-refractivity contribution in [3.05, 3.63) is 59.7 Å². The lowest BCUT2D eigenvalue weighted by atomic mass is 9.85. The minimum absolute atomic E-state index is 0.00343. The van der Waals surface area contributed by atoms with Crippen LogP contribution in [0.2, 0.25) is 0 Å². The Morgan fingerprint density at radius 3 is 2.27 bits per heavy atom. The third-order valence-electron chi connectivity index (χ3n) is 8.34. The topological polar surface area (TPSA) is 76.2 Å². The van der Waals surface area contributed by atoms with Crippen LogP contribution >= 0.6 is 0 Å². The number of carbonyl (C=O) groups is 3. The van der Waals surface area contributed by atoms with Crippen LogP contribution in [0.3, 0.4) is 0 Å². The van der Waals surface area contributed by atoms with Crippen molar-refractivity contribution in [1.29, 1.82) is 0 Å². The quantitative estimate of drug-likeness (QED) is 0.685. The number of amides is 4. The zero-order valence-electron chi connectivity index (χ0n) is 21.9. The fourth-order valence-corrected chi connectivity index (χ4v) is 5.89. The van der Waals surface area contributed by atoms with Gasteiger partial charge in [-0.1, -0.05) is 30.3 Å². The third kappa shape index (κ3) is 4.89. The number of anilines is 2. The van der Waals surface area contributed by atoms with Gasteiger partial charge in [0.1, 0.15) is 12.1 Å². The van der Waals surface area contributed by atoms with Crippen LogP contribution in [0, 0.1) is 13.8 Å². The van der Waals surface area contributed by atoms with E-state index in [0.717, 1.165) is 54.9 Å². The molecule has 0 atom stereocenters. The fourth-order valence-electron chi connectivity index (χ4n) is 5.89. The Morgan fingerprint density at radius 2 is 1.57 bits per heavy atom. The number of rotatable bonds is 4. The first-order valence-corrected chi connectivity index (χ1v) is 13.4. The molecule has 8 nitrogen and oxygen atoms in total. The molecule has 0 radical (unpaired) electrons. The molecule has 3 aliphatic heterocycles. The first-order valence-electron chi connectivity index (χ1n) is 13.4. The highest BCUT2D eigenvalue weighted by molar-refractivity contribution is 5.97. The summed E-state index contributed by atoms with van der Waals surface area (Å²) in [6.07, 6.45) is 4.26. The summed E-state index contributed by atoms with van der Waals surface area (Å²) in [4.78, 5) is 47.6. The number of piperidine rings is 2. The van der Waals surface area contributed by atoms with Crippen LogP contribution < -0.4 is 10.2 Å². The molecule has 3 saturated heterocycles. The van der Waals surface area contributed by atoms with E-state index in [-0.39, 0.29) is 24.4 Å². The van der Waals surface area contributed by atoms with Crippen molar-refractivity contribution in [2.75, 3.05) is 49.6 Å². The summed E-state index contributed by atoms with van der Waals surface area (Å²) >= 11 is 0. The summed E-state index contributed by atoms with van der Waals surface area (Å²) in [7, 11) is 0. The van der Waals surface area contributed by atoms with Gasteiger partial charge in [-0.2, -0.15) is 0 Å². The third-order valence-corrected chi connectivity index (χ3v) is 8.34. The van der Waals surface area contributed by atoms with Gasteiger partial charge in [-0.3, -0.25) is 9.59 Å². The number of aryl methyl sites for hydroxylation is 1. The predicted octanol–water partition coefficient (Wildman–Crippen LogP) is 3.99. The van der Waals surface area contributed by atoms with Crippen LogP contribution in [-0.2, 0) is 9.59 Å². The molecule has 0 bridgehead atoms. The maximum absolute atomic E-state index is 13.9. The molecule has 2 aromatic carbocycles. The van der Waals surface area contributed by atoms with E-state index in [1.54, 1.807) is 9.80 Å². The number of hydrogen-bond donors (Lipinski definition) is 1. The molecule has 4 amide bonds.